The first kappa shape index (κ1) is 16.8. The average Bonchev–Trinajstić information content (AvgIpc) is 3.20. The number of methoxy groups -OCH3 is 1. The standard InChI is InChI=1S/C21H24N2O4/c1-12-14-10-23-8-7-21(16-5-3-4-6-17(16)22-20(21)25)18(23)9-13(14)15(11-27-12)19(24)26-2/h3-6,11-14,18H,7-10H2,1-2H3,(H,22,25)/t12-,13-,14-,18-,21-/m0/s1. The van der Waals surface area contributed by atoms with Crippen LogP contribution in [-0.2, 0) is 24.5 Å². The van der Waals surface area contributed by atoms with Crippen molar-refractivity contribution in [3.05, 3.63) is 41.7 Å². The van der Waals surface area contributed by atoms with Crippen molar-refractivity contribution in [2.24, 2.45) is 11.8 Å². The molecule has 1 aromatic rings. The molecule has 6 heteroatoms. The number of hydrogen-bond acceptors (Lipinski definition) is 5. The van der Waals surface area contributed by atoms with E-state index in [1.54, 1.807) is 6.26 Å². The van der Waals surface area contributed by atoms with Gasteiger partial charge in [0.05, 0.1) is 30.5 Å². The Balaban J connectivity index is 1.55. The van der Waals surface area contributed by atoms with E-state index in [1.807, 2.05) is 18.2 Å². The predicted octanol–water partition coefficient (Wildman–Crippen LogP) is 2.06. The van der Waals surface area contributed by atoms with Crippen molar-refractivity contribution < 1.29 is 19.1 Å². The lowest BCUT2D eigenvalue weighted by Crippen LogP contribution is -2.56. The smallest absolute Gasteiger partial charge is 0.337 e. The van der Waals surface area contributed by atoms with Crippen molar-refractivity contribution in [3.63, 3.8) is 0 Å². The number of fused-ring (bicyclic) bond motifs is 5. The van der Waals surface area contributed by atoms with E-state index in [2.05, 4.69) is 23.2 Å². The number of anilines is 1. The number of amides is 1. The summed E-state index contributed by atoms with van der Waals surface area (Å²) in [7, 11) is 1.41. The van der Waals surface area contributed by atoms with Crippen molar-refractivity contribution in [2.75, 3.05) is 25.5 Å². The van der Waals surface area contributed by atoms with Gasteiger partial charge in [0, 0.05) is 30.1 Å². The lowest BCUT2D eigenvalue weighted by atomic mass is 9.66. The van der Waals surface area contributed by atoms with E-state index in [4.69, 9.17) is 9.47 Å². The van der Waals surface area contributed by atoms with Crippen molar-refractivity contribution in [1.29, 1.82) is 0 Å². The second-order valence-corrected chi connectivity index (χ2v) is 8.14. The largest absolute Gasteiger partial charge is 0.497 e. The van der Waals surface area contributed by atoms with Crippen LogP contribution in [0.15, 0.2) is 36.1 Å². The number of nitrogens with one attached hydrogen (secondary N) is 1. The first-order valence-corrected chi connectivity index (χ1v) is 9.65. The quantitative estimate of drug-likeness (QED) is 0.769. The molecule has 4 aliphatic rings. The number of esters is 1. The number of carbonyl (C=O) groups excluding carboxylic acids is 2. The molecule has 1 spiro atoms. The lowest BCUT2D eigenvalue weighted by molar-refractivity contribution is -0.139. The second-order valence-electron chi connectivity index (χ2n) is 8.14. The Hall–Kier alpha value is -2.34. The molecule has 2 fully saturated rings. The highest BCUT2D eigenvalue weighted by Gasteiger charge is 2.61. The van der Waals surface area contributed by atoms with Crippen LogP contribution >= 0.6 is 0 Å². The summed E-state index contributed by atoms with van der Waals surface area (Å²) < 4.78 is 10.8. The van der Waals surface area contributed by atoms with Gasteiger partial charge in [-0.25, -0.2) is 4.79 Å². The van der Waals surface area contributed by atoms with Crippen LogP contribution in [0, 0.1) is 11.8 Å². The molecule has 1 amide bonds. The van der Waals surface area contributed by atoms with Gasteiger partial charge >= 0.3 is 5.97 Å². The van der Waals surface area contributed by atoms with Crippen molar-refractivity contribution in [2.45, 2.75) is 37.3 Å². The van der Waals surface area contributed by atoms with Gasteiger partial charge in [0.2, 0.25) is 5.91 Å². The molecule has 0 aliphatic carbocycles. The Bertz CT molecular complexity index is 850. The molecular weight excluding hydrogens is 344 g/mol. The predicted molar refractivity (Wildman–Crippen MR) is 99.0 cm³/mol. The fraction of sp³-hybridized carbons (Fsp3) is 0.524. The van der Waals surface area contributed by atoms with Gasteiger partial charge in [0.25, 0.3) is 0 Å². The van der Waals surface area contributed by atoms with E-state index in [-0.39, 0.29) is 35.9 Å². The fourth-order valence-electron chi connectivity index (χ4n) is 5.77. The molecular formula is C21H24N2O4. The van der Waals surface area contributed by atoms with E-state index in [1.165, 1.54) is 7.11 Å². The molecule has 0 aromatic heterocycles. The minimum absolute atomic E-state index is 0.0468. The van der Waals surface area contributed by atoms with Gasteiger partial charge in [-0.1, -0.05) is 18.2 Å². The van der Waals surface area contributed by atoms with E-state index in [0.29, 0.717) is 5.57 Å². The highest BCUT2D eigenvalue weighted by atomic mass is 16.5. The Morgan fingerprint density at radius 1 is 1.37 bits per heavy atom. The fourth-order valence-corrected chi connectivity index (χ4v) is 5.77. The van der Waals surface area contributed by atoms with Crippen LogP contribution in [0.3, 0.4) is 0 Å². The summed E-state index contributed by atoms with van der Waals surface area (Å²) in [5.41, 5.74) is 2.11. The first-order valence-electron chi connectivity index (χ1n) is 9.65. The third-order valence-electron chi connectivity index (χ3n) is 7.14. The van der Waals surface area contributed by atoms with Gasteiger partial charge in [0.1, 0.15) is 0 Å². The third kappa shape index (κ3) is 2.16. The molecule has 4 heterocycles. The first-order chi connectivity index (χ1) is 13.1. The minimum Gasteiger partial charge on any atom is -0.497 e. The average molecular weight is 368 g/mol. The van der Waals surface area contributed by atoms with Gasteiger partial charge in [0.15, 0.2) is 0 Å². The van der Waals surface area contributed by atoms with Gasteiger partial charge in [-0.2, -0.15) is 0 Å². The van der Waals surface area contributed by atoms with Crippen molar-refractivity contribution >= 4 is 17.6 Å². The van der Waals surface area contributed by atoms with Gasteiger partial charge in [-0.15, -0.1) is 0 Å². The van der Waals surface area contributed by atoms with E-state index in [9.17, 15) is 9.59 Å². The zero-order valence-electron chi connectivity index (χ0n) is 15.6. The molecule has 142 valence electrons. The minimum atomic E-state index is -0.523. The highest BCUT2D eigenvalue weighted by molar-refractivity contribution is 6.07. The number of ether oxygens (including phenoxy) is 2. The summed E-state index contributed by atoms with van der Waals surface area (Å²) in [5.74, 6) is 0.0558. The molecule has 0 unspecified atom stereocenters. The molecule has 1 aromatic carbocycles. The molecule has 0 bridgehead atoms. The maximum Gasteiger partial charge on any atom is 0.337 e. The number of para-hydroxylation sites is 1. The van der Waals surface area contributed by atoms with Gasteiger partial charge < -0.3 is 14.8 Å². The van der Waals surface area contributed by atoms with Crippen LogP contribution in [0.5, 0.6) is 0 Å². The summed E-state index contributed by atoms with van der Waals surface area (Å²) in [6.07, 6.45) is 3.20. The molecule has 5 rings (SSSR count). The van der Waals surface area contributed by atoms with E-state index < -0.39 is 5.41 Å². The normalized spacial score (nSPS) is 37.0. The van der Waals surface area contributed by atoms with Crippen molar-refractivity contribution in [3.8, 4) is 0 Å². The Labute approximate surface area is 158 Å². The summed E-state index contributed by atoms with van der Waals surface area (Å²) in [6, 6.07) is 8.10. The maximum atomic E-state index is 13.1. The van der Waals surface area contributed by atoms with Crippen molar-refractivity contribution in [1.82, 2.24) is 4.90 Å². The Morgan fingerprint density at radius 2 is 2.19 bits per heavy atom. The topological polar surface area (TPSA) is 67.9 Å². The lowest BCUT2D eigenvalue weighted by Gasteiger charge is -2.48. The molecule has 0 saturated carbocycles. The third-order valence-corrected chi connectivity index (χ3v) is 7.14. The molecule has 2 saturated heterocycles. The monoisotopic (exact) mass is 368 g/mol. The van der Waals surface area contributed by atoms with Crippen LogP contribution in [0.25, 0.3) is 0 Å². The Morgan fingerprint density at radius 3 is 3.00 bits per heavy atom. The van der Waals surface area contributed by atoms with Crippen LogP contribution in [0.2, 0.25) is 0 Å². The molecule has 1 N–H and O–H groups in total. The maximum absolute atomic E-state index is 13.1. The van der Waals surface area contributed by atoms with E-state index in [0.717, 1.165) is 37.2 Å². The number of nitrogens with zero attached hydrogens (tertiary/aromatic N) is 1. The number of piperidine rings is 1. The van der Waals surface area contributed by atoms with Crippen LogP contribution < -0.4 is 5.32 Å². The van der Waals surface area contributed by atoms with Gasteiger partial charge in [-0.05, 0) is 37.9 Å². The van der Waals surface area contributed by atoms with Crippen LogP contribution in [0.4, 0.5) is 5.69 Å². The zero-order chi connectivity index (χ0) is 18.8. The number of benzene rings is 1. The number of hydrogen-bond donors (Lipinski definition) is 1. The summed E-state index contributed by atoms with van der Waals surface area (Å²) >= 11 is 0. The summed E-state index contributed by atoms with van der Waals surface area (Å²) in [4.78, 5) is 27.9. The molecule has 0 radical (unpaired) electrons. The molecule has 4 aliphatic heterocycles. The number of carbonyl (C=O) groups is 2. The Kier molecular flexibility index (Phi) is 3.63. The zero-order valence-corrected chi connectivity index (χ0v) is 15.6. The van der Waals surface area contributed by atoms with Crippen LogP contribution in [-0.4, -0.2) is 49.1 Å². The molecule has 27 heavy (non-hydrogen) atoms. The summed E-state index contributed by atoms with van der Waals surface area (Å²) in [5, 5.41) is 3.09. The SMILES string of the molecule is COC(=O)C1=CO[C@@H](C)[C@@H]2CN3CC[C@@]4(C(=O)Nc5ccccc54)[C@@H]3C[C@H]12. The summed E-state index contributed by atoms with van der Waals surface area (Å²) in [6.45, 7) is 3.79. The molecule has 6 nitrogen and oxygen atoms in total. The van der Waals surface area contributed by atoms with Crippen LogP contribution in [0.1, 0.15) is 25.3 Å². The van der Waals surface area contributed by atoms with E-state index >= 15 is 0 Å². The molecule has 5 atom stereocenters. The second kappa shape index (κ2) is 5.83. The van der Waals surface area contributed by atoms with Gasteiger partial charge in [-0.3, -0.25) is 9.69 Å². The number of rotatable bonds is 1. The highest BCUT2D eigenvalue weighted by Crippen LogP contribution is 2.53.